The molecule has 10 heteroatoms. The second-order valence-corrected chi connectivity index (χ2v) is 10.5. The Labute approximate surface area is 223 Å². The van der Waals surface area contributed by atoms with Gasteiger partial charge in [-0.3, -0.25) is 23.7 Å². The van der Waals surface area contributed by atoms with Gasteiger partial charge in [0.1, 0.15) is 34.7 Å². The van der Waals surface area contributed by atoms with Gasteiger partial charge in [0.25, 0.3) is 11.1 Å². The van der Waals surface area contributed by atoms with Crippen LogP contribution in [0.25, 0.3) is 11.5 Å². The molecule has 0 aliphatic rings. The van der Waals surface area contributed by atoms with E-state index in [1.165, 1.54) is 15.3 Å². The minimum atomic E-state index is -0.626. The van der Waals surface area contributed by atoms with E-state index in [1.807, 2.05) is 20.8 Å². The number of rotatable bonds is 5. The molecule has 192 valence electrons. The monoisotopic (exact) mass is 542 g/mol. The topological polar surface area (TPSA) is 79.0 Å². The van der Waals surface area contributed by atoms with E-state index in [9.17, 15) is 14.0 Å². The summed E-state index contributed by atoms with van der Waals surface area (Å²) in [5.74, 6) is -0.166. The molecule has 0 unspecified atom stereocenters. The summed E-state index contributed by atoms with van der Waals surface area (Å²) < 4.78 is 22.6. The third kappa shape index (κ3) is 5.31. The molecule has 0 spiro atoms. The van der Waals surface area contributed by atoms with E-state index in [2.05, 4.69) is 9.97 Å². The van der Waals surface area contributed by atoms with Gasteiger partial charge in [0.05, 0.1) is 10.7 Å². The van der Waals surface area contributed by atoms with Crippen LogP contribution in [0, 0.1) is 19.7 Å². The summed E-state index contributed by atoms with van der Waals surface area (Å²) in [7, 11) is 0. The van der Waals surface area contributed by atoms with Crippen LogP contribution < -0.4 is 15.9 Å². The third-order valence-corrected chi connectivity index (χ3v) is 6.41. The van der Waals surface area contributed by atoms with Gasteiger partial charge in [-0.25, -0.2) is 9.37 Å². The Bertz CT molecular complexity index is 1620. The summed E-state index contributed by atoms with van der Waals surface area (Å²) in [6.07, 6.45) is 4.54. The quantitative estimate of drug-likeness (QED) is 0.322. The molecule has 4 aromatic rings. The second kappa shape index (κ2) is 10.1. The van der Waals surface area contributed by atoms with Gasteiger partial charge in [-0.2, -0.15) is 0 Å². The lowest BCUT2D eigenvalue weighted by molar-refractivity contribution is 0.293. The average Bonchev–Trinajstić information content (AvgIpc) is 2.82. The summed E-state index contributed by atoms with van der Waals surface area (Å²) in [5, 5.41) is -0.0122. The van der Waals surface area contributed by atoms with Crippen molar-refractivity contribution >= 4 is 23.2 Å². The van der Waals surface area contributed by atoms with Crippen LogP contribution in [0.3, 0.4) is 0 Å². The number of aromatic nitrogens is 4. The largest absolute Gasteiger partial charge is 0.485 e. The minimum absolute atomic E-state index is 0.0276. The van der Waals surface area contributed by atoms with Gasteiger partial charge < -0.3 is 4.74 Å². The van der Waals surface area contributed by atoms with Crippen molar-refractivity contribution in [1.82, 2.24) is 19.1 Å². The predicted octanol–water partition coefficient (Wildman–Crippen LogP) is 5.72. The third-order valence-electron chi connectivity index (χ3n) is 5.85. The molecule has 0 N–H and O–H groups in total. The van der Waals surface area contributed by atoms with E-state index in [0.717, 1.165) is 6.07 Å². The molecule has 0 aromatic carbocycles. The van der Waals surface area contributed by atoms with E-state index in [0.29, 0.717) is 28.3 Å². The number of pyridine rings is 4. The number of aryl methyl sites for hydroxylation is 2. The summed E-state index contributed by atoms with van der Waals surface area (Å²) >= 11 is 12.1. The van der Waals surface area contributed by atoms with Crippen LogP contribution >= 0.6 is 23.2 Å². The Morgan fingerprint density at radius 1 is 1.03 bits per heavy atom. The number of ether oxygens (including phenoxy) is 1. The Balaban J connectivity index is 1.76. The molecule has 0 aliphatic carbocycles. The number of hydrogen-bond donors (Lipinski definition) is 0. The van der Waals surface area contributed by atoms with E-state index >= 15 is 0 Å². The number of nitrogens with zero attached hydrogens (tertiary/aromatic N) is 4. The maximum atomic E-state index is 14.1. The highest BCUT2D eigenvalue weighted by molar-refractivity contribution is 6.31. The molecule has 4 aromatic heterocycles. The van der Waals surface area contributed by atoms with Crippen molar-refractivity contribution in [2.45, 2.75) is 46.6 Å². The van der Waals surface area contributed by atoms with Crippen molar-refractivity contribution < 1.29 is 9.13 Å². The Kier molecular flexibility index (Phi) is 7.26. The first-order chi connectivity index (χ1) is 17.4. The van der Waals surface area contributed by atoms with Gasteiger partial charge in [0.15, 0.2) is 0 Å². The van der Waals surface area contributed by atoms with Crippen LogP contribution in [0.2, 0.25) is 10.0 Å². The predicted molar refractivity (Wildman–Crippen MR) is 142 cm³/mol. The Hall–Kier alpha value is -3.49. The highest BCUT2D eigenvalue weighted by Gasteiger charge is 2.21. The van der Waals surface area contributed by atoms with Crippen molar-refractivity contribution in [2.75, 3.05) is 0 Å². The van der Waals surface area contributed by atoms with Crippen LogP contribution in [-0.2, 0) is 12.0 Å². The normalized spacial score (nSPS) is 11.6. The molecule has 0 amide bonds. The Morgan fingerprint density at radius 3 is 2.43 bits per heavy atom. The molecule has 37 heavy (non-hydrogen) atoms. The molecule has 4 heterocycles. The van der Waals surface area contributed by atoms with Gasteiger partial charge in [0, 0.05) is 42.0 Å². The highest BCUT2D eigenvalue weighted by Crippen LogP contribution is 2.26. The summed E-state index contributed by atoms with van der Waals surface area (Å²) in [4.78, 5) is 34.9. The molecule has 4 rings (SSSR count). The molecule has 0 saturated carbocycles. The first kappa shape index (κ1) is 26.6. The molecule has 0 atom stereocenters. The fourth-order valence-electron chi connectivity index (χ4n) is 3.90. The van der Waals surface area contributed by atoms with Crippen molar-refractivity contribution in [3.8, 4) is 17.3 Å². The smallest absolute Gasteiger partial charge is 0.277 e. The van der Waals surface area contributed by atoms with Crippen LogP contribution in [0.4, 0.5) is 4.39 Å². The SMILES string of the molecule is Cc1cnc(-n2cccc(C(C)(C)C)c2=O)cc1-n1c(C)cc(OCc2ncc(Cl)cc2F)c(Cl)c1=O. The summed E-state index contributed by atoms with van der Waals surface area (Å²) in [6.45, 7) is 9.18. The van der Waals surface area contributed by atoms with Gasteiger partial charge >= 0.3 is 0 Å². The number of halogens is 3. The lowest BCUT2D eigenvalue weighted by Gasteiger charge is -2.20. The van der Waals surface area contributed by atoms with Crippen molar-refractivity contribution in [2.24, 2.45) is 0 Å². The molecule has 0 bridgehead atoms. The molecule has 7 nitrogen and oxygen atoms in total. The second-order valence-electron chi connectivity index (χ2n) is 9.65. The molecule has 0 saturated heterocycles. The molecule has 0 aliphatic heterocycles. The van der Waals surface area contributed by atoms with E-state index < -0.39 is 11.4 Å². The summed E-state index contributed by atoms with van der Waals surface area (Å²) in [5.41, 5.74) is 1.33. The van der Waals surface area contributed by atoms with E-state index in [1.54, 1.807) is 50.5 Å². The molecular weight excluding hydrogens is 518 g/mol. The fraction of sp³-hybridized carbons (Fsp3) is 0.259. The zero-order chi connectivity index (χ0) is 27.1. The standard InChI is InChI=1S/C27H25Cl2FN4O3/c1-15-12-32-23(33-8-6-7-18(25(33)35)27(3,4)5)11-21(15)34-16(2)9-22(24(29)26(34)36)37-14-20-19(30)10-17(28)13-31-20/h6-13H,14H2,1-5H3. The molecular formula is C27H25Cl2FN4O3. The molecule has 0 fully saturated rings. The maximum absolute atomic E-state index is 14.1. The van der Waals surface area contributed by atoms with Crippen LogP contribution in [0.1, 0.15) is 43.3 Å². The minimum Gasteiger partial charge on any atom is -0.485 e. The first-order valence-corrected chi connectivity index (χ1v) is 12.2. The van der Waals surface area contributed by atoms with Gasteiger partial charge in [-0.15, -0.1) is 0 Å². The van der Waals surface area contributed by atoms with E-state index in [4.69, 9.17) is 27.9 Å². The Morgan fingerprint density at radius 2 is 1.76 bits per heavy atom. The van der Waals surface area contributed by atoms with Gasteiger partial charge in [-0.05, 0) is 37.0 Å². The fourth-order valence-corrected chi connectivity index (χ4v) is 4.24. The maximum Gasteiger partial charge on any atom is 0.277 e. The average molecular weight is 543 g/mol. The van der Waals surface area contributed by atoms with Crippen molar-refractivity contribution in [3.63, 3.8) is 0 Å². The summed E-state index contributed by atoms with van der Waals surface area (Å²) in [6, 6.07) is 7.98. The lowest BCUT2D eigenvalue weighted by atomic mass is 9.88. The first-order valence-electron chi connectivity index (χ1n) is 11.4. The zero-order valence-corrected chi connectivity index (χ0v) is 22.5. The van der Waals surface area contributed by atoms with Crippen LogP contribution in [-0.4, -0.2) is 19.1 Å². The lowest BCUT2D eigenvalue weighted by Crippen LogP contribution is -2.29. The van der Waals surface area contributed by atoms with Gasteiger partial charge in [-0.1, -0.05) is 50.0 Å². The molecule has 0 radical (unpaired) electrons. The van der Waals surface area contributed by atoms with Crippen LogP contribution in [0.15, 0.2) is 58.5 Å². The number of hydrogen-bond acceptors (Lipinski definition) is 5. The van der Waals surface area contributed by atoms with Crippen molar-refractivity contribution in [1.29, 1.82) is 0 Å². The zero-order valence-electron chi connectivity index (χ0n) is 21.0. The highest BCUT2D eigenvalue weighted by atomic mass is 35.5. The van der Waals surface area contributed by atoms with Crippen LogP contribution in [0.5, 0.6) is 5.75 Å². The van der Waals surface area contributed by atoms with Crippen molar-refractivity contribution in [3.05, 3.63) is 108 Å². The van der Waals surface area contributed by atoms with Gasteiger partial charge in [0.2, 0.25) is 0 Å². The van der Waals surface area contributed by atoms with E-state index in [-0.39, 0.29) is 39.1 Å².